The molecule has 4 aromatic carbocycles. The lowest BCUT2D eigenvalue weighted by Crippen LogP contribution is -2.13. The van der Waals surface area contributed by atoms with Gasteiger partial charge in [-0.1, -0.05) is 60.7 Å². The van der Waals surface area contributed by atoms with Gasteiger partial charge >= 0.3 is 20.2 Å². The van der Waals surface area contributed by atoms with Crippen LogP contribution in [0.25, 0.3) is 10.8 Å². The SMILES string of the molecule is O=S(=O)(Oc1ccccc1)c1ccc(S(=O)(=O)Oc2ccccc2)c2ccccc12. The third kappa shape index (κ3) is 4.00. The number of hydrogen-bond donors (Lipinski definition) is 0. The van der Waals surface area contributed by atoms with Gasteiger partial charge in [-0.05, 0) is 36.4 Å². The quantitative estimate of drug-likeness (QED) is 0.414. The van der Waals surface area contributed by atoms with E-state index < -0.39 is 20.2 Å². The Morgan fingerprint density at radius 1 is 0.433 bits per heavy atom. The Labute approximate surface area is 174 Å². The minimum atomic E-state index is -4.20. The Morgan fingerprint density at radius 2 is 0.767 bits per heavy atom. The second-order valence-electron chi connectivity index (χ2n) is 6.31. The first-order valence-corrected chi connectivity index (χ1v) is 11.7. The highest BCUT2D eigenvalue weighted by Crippen LogP contribution is 2.32. The molecule has 0 radical (unpaired) electrons. The van der Waals surface area contributed by atoms with Crippen molar-refractivity contribution in [1.82, 2.24) is 0 Å². The summed E-state index contributed by atoms with van der Waals surface area (Å²) in [5.41, 5.74) is 0. The molecular weight excluding hydrogens is 424 g/mol. The van der Waals surface area contributed by atoms with Crippen LogP contribution in [0.5, 0.6) is 11.5 Å². The Balaban J connectivity index is 1.81. The molecule has 0 saturated carbocycles. The molecular formula is C22H16O6S2. The van der Waals surface area contributed by atoms with Crippen LogP contribution >= 0.6 is 0 Å². The zero-order valence-corrected chi connectivity index (χ0v) is 17.1. The van der Waals surface area contributed by atoms with Gasteiger partial charge in [-0.25, -0.2) is 0 Å². The van der Waals surface area contributed by atoms with Gasteiger partial charge in [0.05, 0.1) is 0 Å². The Hall–Kier alpha value is -3.36. The summed E-state index contributed by atoms with van der Waals surface area (Å²) < 4.78 is 61.9. The van der Waals surface area contributed by atoms with E-state index in [9.17, 15) is 16.8 Å². The molecule has 0 aliphatic rings. The van der Waals surface area contributed by atoms with Crippen LogP contribution in [0, 0.1) is 0 Å². The van der Waals surface area contributed by atoms with Crippen LogP contribution in [0.15, 0.2) is 107 Å². The summed E-state index contributed by atoms with van der Waals surface area (Å²) in [7, 11) is -8.39. The summed E-state index contributed by atoms with van der Waals surface area (Å²) in [5.74, 6) is 0.316. The van der Waals surface area contributed by atoms with Gasteiger partial charge in [-0.2, -0.15) is 16.8 Å². The van der Waals surface area contributed by atoms with Crippen molar-refractivity contribution in [1.29, 1.82) is 0 Å². The normalized spacial score (nSPS) is 11.9. The lowest BCUT2D eigenvalue weighted by molar-refractivity contribution is 0.483. The molecule has 0 amide bonds. The fraction of sp³-hybridized carbons (Fsp3) is 0. The molecule has 0 atom stereocenters. The van der Waals surface area contributed by atoms with Crippen molar-refractivity contribution in [2.75, 3.05) is 0 Å². The lowest BCUT2D eigenvalue weighted by Gasteiger charge is -2.13. The van der Waals surface area contributed by atoms with E-state index in [-0.39, 0.29) is 32.1 Å². The molecule has 0 saturated heterocycles. The van der Waals surface area contributed by atoms with E-state index in [2.05, 4.69) is 0 Å². The maximum absolute atomic E-state index is 12.9. The number of para-hydroxylation sites is 2. The molecule has 0 aromatic heterocycles. The first-order chi connectivity index (χ1) is 14.4. The topological polar surface area (TPSA) is 86.7 Å². The number of rotatable bonds is 6. The number of benzene rings is 4. The van der Waals surface area contributed by atoms with E-state index in [0.717, 1.165) is 0 Å². The maximum Gasteiger partial charge on any atom is 0.339 e. The minimum absolute atomic E-state index is 0.138. The zero-order chi connectivity index (χ0) is 21.2. The molecule has 0 unspecified atom stereocenters. The first-order valence-electron chi connectivity index (χ1n) is 8.88. The average molecular weight is 440 g/mol. The van der Waals surface area contributed by atoms with E-state index in [1.165, 1.54) is 48.5 Å². The summed E-state index contributed by atoms with van der Waals surface area (Å²) in [6, 6.07) is 24.9. The van der Waals surface area contributed by atoms with E-state index in [1.54, 1.807) is 48.5 Å². The highest BCUT2D eigenvalue weighted by molar-refractivity contribution is 7.88. The van der Waals surface area contributed by atoms with E-state index in [0.29, 0.717) is 0 Å². The Bertz CT molecular complexity index is 1290. The van der Waals surface area contributed by atoms with E-state index in [4.69, 9.17) is 8.37 Å². The van der Waals surface area contributed by atoms with Gasteiger partial charge in [-0.15, -0.1) is 0 Å². The summed E-state index contributed by atoms with van der Waals surface area (Å²) in [6.45, 7) is 0. The second kappa shape index (κ2) is 7.81. The Kier molecular flexibility index (Phi) is 5.19. The van der Waals surface area contributed by atoms with Gasteiger partial charge in [0.1, 0.15) is 21.3 Å². The number of hydrogen-bond acceptors (Lipinski definition) is 6. The van der Waals surface area contributed by atoms with Crippen LogP contribution in [0.2, 0.25) is 0 Å². The van der Waals surface area contributed by atoms with Crippen LogP contribution < -0.4 is 8.37 Å². The first kappa shape index (κ1) is 19.9. The van der Waals surface area contributed by atoms with Gasteiger partial charge < -0.3 is 8.37 Å². The minimum Gasteiger partial charge on any atom is -0.379 e. The third-order valence-electron chi connectivity index (χ3n) is 4.28. The van der Waals surface area contributed by atoms with Crippen molar-refractivity contribution in [3.63, 3.8) is 0 Å². The van der Waals surface area contributed by atoms with Crippen LogP contribution in [0.4, 0.5) is 0 Å². The average Bonchev–Trinajstić information content (AvgIpc) is 2.73. The summed E-state index contributed by atoms with van der Waals surface area (Å²) in [5, 5.41) is 0.428. The largest absolute Gasteiger partial charge is 0.379 e. The van der Waals surface area contributed by atoms with Crippen molar-refractivity contribution < 1.29 is 25.2 Å². The van der Waals surface area contributed by atoms with Gasteiger partial charge in [0.25, 0.3) is 0 Å². The predicted molar refractivity (Wildman–Crippen MR) is 112 cm³/mol. The third-order valence-corrected chi connectivity index (χ3v) is 6.89. The van der Waals surface area contributed by atoms with Crippen LogP contribution in [0.1, 0.15) is 0 Å². The molecule has 0 aliphatic heterocycles. The van der Waals surface area contributed by atoms with Gasteiger partial charge in [0.2, 0.25) is 0 Å². The summed E-state index contributed by atoms with van der Waals surface area (Å²) in [6.07, 6.45) is 0. The van der Waals surface area contributed by atoms with Crippen LogP contribution in [-0.2, 0) is 20.2 Å². The van der Waals surface area contributed by atoms with Crippen LogP contribution in [0.3, 0.4) is 0 Å². The molecule has 4 aromatic rings. The second-order valence-corrected chi connectivity index (χ2v) is 9.34. The molecule has 8 heteroatoms. The van der Waals surface area contributed by atoms with Crippen molar-refractivity contribution >= 4 is 31.0 Å². The molecule has 30 heavy (non-hydrogen) atoms. The van der Waals surface area contributed by atoms with Crippen LogP contribution in [-0.4, -0.2) is 16.8 Å². The monoisotopic (exact) mass is 440 g/mol. The van der Waals surface area contributed by atoms with Gasteiger partial charge in [0, 0.05) is 10.8 Å². The van der Waals surface area contributed by atoms with Crippen molar-refractivity contribution in [3.05, 3.63) is 97.1 Å². The van der Waals surface area contributed by atoms with Gasteiger partial charge in [-0.3, -0.25) is 0 Å². The Morgan fingerprint density at radius 3 is 1.13 bits per heavy atom. The molecule has 4 rings (SSSR count). The highest BCUT2D eigenvalue weighted by atomic mass is 32.2. The molecule has 6 nitrogen and oxygen atoms in total. The summed E-state index contributed by atoms with van der Waals surface area (Å²) >= 11 is 0. The molecule has 0 heterocycles. The maximum atomic E-state index is 12.9. The molecule has 152 valence electrons. The zero-order valence-electron chi connectivity index (χ0n) is 15.5. The number of fused-ring (bicyclic) bond motifs is 1. The lowest BCUT2D eigenvalue weighted by atomic mass is 10.1. The molecule has 0 aliphatic carbocycles. The smallest absolute Gasteiger partial charge is 0.339 e. The van der Waals surface area contributed by atoms with Crippen molar-refractivity contribution in [2.24, 2.45) is 0 Å². The molecule has 0 spiro atoms. The fourth-order valence-electron chi connectivity index (χ4n) is 2.98. The van der Waals surface area contributed by atoms with Crippen molar-refractivity contribution in [2.45, 2.75) is 9.79 Å². The molecule has 0 N–H and O–H groups in total. The fourth-order valence-corrected chi connectivity index (χ4v) is 5.25. The molecule has 0 fully saturated rings. The highest BCUT2D eigenvalue weighted by Gasteiger charge is 2.26. The van der Waals surface area contributed by atoms with E-state index >= 15 is 0 Å². The van der Waals surface area contributed by atoms with Crippen molar-refractivity contribution in [3.8, 4) is 11.5 Å². The van der Waals surface area contributed by atoms with E-state index in [1.807, 2.05) is 0 Å². The summed E-state index contributed by atoms with van der Waals surface area (Å²) in [4.78, 5) is -0.277. The standard InChI is InChI=1S/C22H16O6S2/c23-29(24,27-17-9-3-1-4-10-17)21-15-16-22(20-14-8-7-13-19(20)21)30(25,26)28-18-11-5-2-6-12-18/h1-16H. The molecule has 0 bridgehead atoms. The van der Waals surface area contributed by atoms with Gasteiger partial charge in [0.15, 0.2) is 0 Å². The predicted octanol–water partition coefficient (Wildman–Crippen LogP) is 4.38.